The zero-order valence-electron chi connectivity index (χ0n) is 15.4. The van der Waals surface area contributed by atoms with Gasteiger partial charge in [0.05, 0.1) is 0 Å². The van der Waals surface area contributed by atoms with Gasteiger partial charge in [0.25, 0.3) is 0 Å². The fourth-order valence-electron chi connectivity index (χ4n) is 3.76. The lowest BCUT2D eigenvalue weighted by Crippen LogP contribution is -2.03. The molecule has 0 aliphatic rings. The highest BCUT2D eigenvalue weighted by molar-refractivity contribution is 9.11. The molecule has 0 atom stereocenters. The van der Waals surface area contributed by atoms with Gasteiger partial charge in [-0.25, -0.2) is 0 Å². The molecule has 140 valence electrons. The van der Waals surface area contributed by atoms with Gasteiger partial charge in [0.2, 0.25) is 0 Å². The first-order chi connectivity index (χ1) is 13.6. The van der Waals surface area contributed by atoms with Gasteiger partial charge in [-0.15, -0.1) is 0 Å². The Labute approximate surface area is 182 Å². The molecular formula is C25H20Br2O. The van der Waals surface area contributed by atoms with Gasteiger partial charge >= 0.3 is 0 Å². The van der Waals surface area contributed by atoms with Crippen LogP contribution in [-0.2, 0) is 17.6 Å². The Bertz CT molecular complexity index is 1070. The van der Waals surface area contributed by atoms with Gasteiger partial charge in [-0.05, 0) is 57.6 Å². The van der Waals surface area contributed by atoms with Crippen LogP contribution in [0, 0.1) is 0 Å². The lowest BCUT2D eigenvalue weighted by molar-refractivity contribution is -0.119. The second-order valence-corrected chi connectivity index (χ2v) is 8.75. The van der Waals surface area contributed by atoms with Gasteiger partial charge in [0.15, 0.2) is 0 Å². The fourth-order valence-corrected chi connectivity index (χ4v) is 4.71. The van der Waals surface area contributed by atoms with Gasteiger partial charge in [-0.1, -0.05) is 92.5 Å². The summed E-state index contributed by atoms with van der Waals surface area (Å²) in [7, 11) is 0. The number of fused-ring (bicyclic) bond motifs is 2. The Morgan fingerprint density at radius 3 is 1.39 bits per heavy atom. The zero-order chi connectivity index (χ0) is 19.5. The fraction of sp³-hybridized carbons (Fsp3) is 0.160. The highest BCUT2D eigenvalue weighted by atomic mass is 79.9. The second kappa shape index (κ2) is 8.59. The molecule has 4 aromatic carbocycles. The first kappa shape index (κ1) is 19.4. The summed E-state index contributed by atoms with van der Waals surface area (Å²) in [6.07, 6.45) is 2.74. The highest BCUT2D eigenvalue weighted by Gasteiger charge is 2.09. The van der Waals surface area contributed by atoms with Gasteiger partial charge in [-0.2, -0.15) is 0 Å². The van der Waals surface area contributed by atoms with E-state index in [9.17, 15) is 4.79 Å². The molecule has 1 nitrogen and oxygen atoms in total. The van der Waals surface area contributed by atoms with Crippen LogP contribution in [-0.4, -0.2) is 5.78 Å². The van der Waals surface area contributed by atoms with Crippen molar-refractivity contribution in [3.63, 3.8) is 0 Å². The molecule has 3 heteroatoms. The van der Waals surface area contributed by atoms with Crippen molar-refractivity contribution in [2.24, 2.45) is 0 Å². The highest BCUT2D eigenvalue weighted by Crippen LogP contribution is 2.29. The summed E-state index contributed by atoms with van der Waals surface area (Å²) in [5.74, 6) is 0.319. The van der Waals surface area contributed by atoms with E-state index in [2.05, 4.69) is 92.5 Å². The monoisotopic (exact) mass is 494 g/mol. The molecule has 4 rings (SSSR count). The third-order valence-corrected chi connectivity index (χ3v) is 6.65. The van der Waals surface area contributed by atoms with Crippen LogP contribution >= 0.6 is 31.9 Å². The Morgan fingerprint density at radius 2 is 0.964 bits per heavy atom. The molecule has 0 N–H and O–H groups in total. The lowest BCUT2D eigenvalue weighted by atomic mass is 9.96. The van der Waals surface area contributed by atoms with Crippen molar-refractivity contribution in [1.29, 1.82) is 0 Å². The molecular weight excluding hydrogens is 476 g/mol. The van der Waals surface area contributed by atoms with Crippen molar-refractivity contribution in [2.75, 3.05) is 0 Å². The van der Waals surface area contributed by atoms with Gasteiger partial charge in [0, 0.05) is 21.8 Å². The number of Topliss-reactive ketones (excluding diaryl/α,β-unsaturated/α-hetero) is 1. The van der Waals surface area contributed by atoms with E-state index < -0.39 is 0 Å². The van der Waals surface area contributed by atoms with Gasteiger partial charge in [-0.3, -0.25) is 4.79 Å². The molecule has 0 unspecified atom stereocenters. The summed E-state index contributed by atoms with van der Waals surface area (Å²) in [6, 6.07) is 25.1. The standard InChI is InChI=1S/C25H20Br2O/c26-24-15-11-17(20-5-1-3-7-22(20)24)9-13-19(28)14-10-18-12-16-25(27)23-8-4-2-6-21(18)23/h1-8,11-12,15-16H,9-10,13-14H2. The van der Waals surface area contributed by atoms with E-state index in [0.29, 0.717) is 18.6 Å². The third-order valence-electron chi connectivity index (χ3n) is 5.27. The van der Waals surface area contributed by atoms with Crippen LogP contribution in [0.2, 0.25) is 0 Å². The maximum atomic E-state index is 12.6. The molecule has 0 aliphatic heterocycles. The van der Waals surface area contributed by atoms with Gasteiger partial charge in [0.1, 0.15) is 5.78 Å². The maximum Gasteiger partial charge on any atom is 0.133 e. The Hall–Kier alpha value is -1.97. The average molecular weight is 496 g/mol. The van der Waals surface area contributed by atoms with Crippen molar-refractivity contribution < 1.29 is 4.79 Å². The van der Waals surface area contributed by atoms with E-state index in [1.54, 1.807) is 0 Å². The smallest absolute Gasteiger partial charge is 0.133 e. The number of halogens is 2. The summed E-state index contributed by atoms with van der Waals surface area (Å²) in [5, 5.41) is 4.86. The van der Waals surface area contributed by atoms with Crippen molar-refractivity contribution in [3.05, 3.63) is 92.9 Å². The molecule has 0 bridgehead atoms. The number of rotatable bonds is 6. The number of carbonyl (C=O) groups is 1. The number of benzene rings is 4. The number of ketones is 1. The van der Waals surface area contributed by atoms with Gasteiger partial charge < -0.3 is 0 Å². The van der Waals surface area contributed by atoms with E-state index >= 15 is 0 Å². The quantitative estimate of drug-likeness (QED) is 0.268. The van der Waals surface area contributed by atoms with Crippen molar-refractivity contribution in [1.82, 2.24) is 0 Å². The summed E-state index contributed by atoms with van der Waals surface area (Å²) >= 11 is 7.23. The molecule has 28 heavy (non-hydrogen) atoms. The predicted octanol–water partition coefficient (Wildman–Crippen LogP) is 7.65. The molecule has 0 saturated carbocycles. The summed E-state index contributed by atoms with van der Waals surface area (Å²) < 4.78 is 2.19. The van der Waals surface area contributed by atoms with E-state index in [-0.39, 0.29) is 0 Å². The van der Waals surface area contributed by atoms with Crippen molar-refractivity contribution >= 4 is 59.2 Å². The average Bonchev–Trinajstić information content (AvgIpc) is 2.73. The number of hydrogen-bond donors (Lipinski definition) is 0. The second-order valence-electron chi connectivity index (χ2n) is 7.04. The van der Waals surface area contributed by atoms with Crippen LogP contribution in [0.5, 0.6) is 0 Å². The first-order valence-corrected chi connectivity index (χ1v) is 11.1. The Balaban J connectivity index is 1.44. The molecule has 0 radical (unpaired) electrons. The van der Waals surface area contributed by atoms with Crippen molar-refractivity contribution in [3.8, 4) is 0 Å². The minimum Gasteiger partial charge on any atom is -0.300 e. The van der Waals surface area contributed by atoms with E-state index in [0.717, 1.165) is 21.8 Å². The molecule has 0 amide bonds. The topological polar surface area (TPSA) is 17.1 Å². The molecule has 0 spiro atoms. The Kier molecular flexibility index (Phi) is 5.93. The van der Waals surface area contributed by atoms with E-state index in [4.69, 9.17) is 0 Å². The minimum absolute atomic E-state index is 0.319. The normalized spacial score (nSPS) is 11.2. The molecule has 0 aliphatic carbocycles. The lowest BCUT2D eigenvalue weighted by Gasteiger charge is -2.09. The van der Waals surface area contributed by atoms with Crippen LogP contribution in [0.4, 0.5) is 0 Å². The van der Waals surface area contributed by atoms with Crippen molar-refractivity contribution in [2.45, 2.75) is 25.7 Å². The number of carbonyl (C=O) groups excluding carboxylic acids is 1. The third kappa shape index (κ3) is 4.06. The first-order valence-electron chi connectivity index (χ1n) is 9.47. The molecule has 4 aromatic rings. The SMILES string of the molecule is O=C(CCc1ccc(Br)c2ccccc12)CCc1ccc(Br)c2ccccc12. The van der Waals surface area contributed by atoms with Crippen LogP contribution in [0.15, 0.2) is 81.7 Å². The van der Waals surface area contributed by atoms with E-state index in [1.165, 1.54) is 32.7 Å². The maximum absolute atomic E-state index is 12.6. The van der Waals surface area contributed by atoms with E-state index in [1.807, 2.05) is 12.1 Å². The molecule has 0 fully saturated rings. The van der Waals surface area contributed by atoms with Crippen LogP contribution in [0.25, 0.3) is 21.5 Å². The number of hydrogen-bond acceptors (Lipinski definition) is 1. The zero-order valence-corrected chi connectivity index (χ0v) is 18.6. The van der Waals surface area contributed by atoms with Crippen LogP contribution < -0.4 is 0 Å². The number of aryl methyl sites for hydroxylation is 2. The van der Waals surface area contributed by atoms with Crippen LogP contribution in [0.3, 0.4) is 0 Å². The summed E-state index contributed by atoms with van der Waals surface area (Å²) in [4.78, 5) is 12.6. The Morgan fingerprint density at radius 1 is 0.571 bits per heavy atom. The van der Waals surface area contributed by atoms with Crippen LogP contribution in [0.1, 0.15) is 24.0 Å². The minimum atomic E-state index is 0.319. The summed E-state index contributed by atoms with van der Waals surface area (Å²) in [5.41, 5.74) is 2.47. The summed E-state index contributed by atoms with van der Waals surface area (Å²) in [6.45, 7) is 0. The molecule has 0 saturated heterocycles. The largest absolute Gasteiger partial charge is 0.300 e. The molecule has 0 aromatic heterocycles. The predicted molar refractivity (Wildman–Crippen MR) is 125 cm³/mol. The molecule has 0 heterocycles.